The van der Waals surface area contributed by atoms with Gasteiger partial charge in [0.05, 0.1) is 0 Å². The van der Waals surface area contributed by atoms with Crippen molar-refractivity contribution in [2.24, 2.45) is 0 Å². The molecule has 2 aromatic heterocycles. The fourth-order valence-electron chi connectivity index (χ4n) is 2.35. The van der Waals surface area contributed by atoms with Crippen LogP contribution in [0.5, 0.6) is 0 Å². The van der Waals surface area contributed by atoms with Crippen LogP contribution in [0, 0.1) is 12.7 Å². The van der Waals surface area contributed by atoms with Crippen molar-refractivity contribution in [3.8, 4) is 22.8 Å². The molecule has 124 valence electrons. The van der Waals surface area contributed by atoms with Gasteiger partial charge in [-0.1, -0.05) is 18.2 Å². The smallest absolute Gasteiger partial charge is 0.247 e. The molecule has 0 amide bonds. The molecular formula is C17H13FN6O. The Labute approximate surface area is 142 Å². The Hall–Kier alpha value is -3.42. The minimum atomic E-state index is -0.268. The van der Waals surface area contributed by atoms with Gasteiger partial charge in [0.2, 0.25) is 17.6 Å². The fraction of sp³-hybridized carbons (Fsp3) is 0.118. The van der Waals surface area contributed by atoms with E-state index in [-0.39, 0.29) is 12.4 Å². The van der Waals surface area contributed by atoms with E-state index in [1.54, 1.807) is 19.1 Å². The second kappa shape index (κ2) is 6.23. The van der Waals surface area contributed by atoms with Crippen molar-refractivity contribution >= 4 is 0 Å². The van der Waals surface area contributed by atoms with E-state index in [4.69, 9.17) is 4.42 Å². The lowest BCUT2D eigenvalue weighted by Gasteiger charge is -1.98. The molecule has 0 spiro atoms. The van der Waals surface area contributed by atoms with Gasteiger partial charge in [0, 0.05) is 11.1 Å². The normalized spacial score (nSPS) is 11.0. The first-order valence-electron chi connectivity index (χ1n) is 7.61. The summed E-state index contributed by atoms with van der Waals surface area (Å²) >= 11 is 0. The molecule has 0 aliphatic carbocycles. The van der Waals surface area contributed by atoms with Gasteiger partial charge in [-0.05, 0) is 48.0 Å². The molecular weight excluding hydrogens is 323 g/mol. The first-order chi connectivity index (χ1) is 12.2. The molecule has 0 saturated heterocycles. The Morgan fingerprint density at radius 2 is 1.84 bits per heavy atom. The maximum Gasteiger partial charge on any atom is 0.247 e. The van der Waals surface area contributed by atoms with Crippen LogP contribution in [0.3, 0.4) is 0 Å². The summed E-state index contributed by atoms with van der Waals surface area (Å²) in [6.45, 7) is 1.89. The number of rotatable bonds is 4. The molecule has 0 aliphatic heterocycles. The lowest BCUT2D eigenvalue weighted by Crippen LogP contribution is -2.04. The number of halogens is 1. The van der Waals surface area contributed by atoms with Crippen LogP contribution in [-0.2, 0) is 6.54 Å². The van der Waals surface area contributed by atoms with Crippen LogP contribution in [0.2, 0.25) is 0 Å². The first-order valence-corrected chi connectivity index (χ1v) is 7.61. The fourth-order valence-corrected chi connectivity index (χ4v) is 2.35. The summed E-state index contributed by atoms with van der Waals surface area (Å²) in [6, 6.07) is 14.2. The predicted octanol–water partition coefficient (Wildman–Crippen LogP) is 2.89. The Morgan fingerprint density at radius 1 is 1.00 bits per heavy atom. The Morgan fingerprint density at radius 3 is 2.64 bits per heavy atom. The van der Waals surface area contributed by atoms with Crippen LogP contribution in [0.15, 0.2) is 52.9 Å². The largest absolute Gasteiger partial charge is 0.419 e. The molecule has 0 atom stereocenters. The van der Waals surface area contributed by atoms with E-state index in [1.807, 2.05) is 30.3 Å². The lowest BCUT2D eigenvalue weighted by molar-refractivity contribution is 0.446. The minimum absolute atomic E-state index is 0.201. The Kier molecular flexibility index (Phi) is 3.77. The third-order valence-corrected chi connectivity index (χ3v) is 3.63. The predicted molar refractivity (Wildman–Crippen MR) is 86.8 cm³/mol. The Balaban J connectivity index is 1.53. The van der Waals surface area contributed by atoms with E-state index in [0.717, 1.165) is 5.56 Å². The minimum Gasteiger partial charge on any atom is -0.419 e. The third kappa shape index (κ3) is 3.14. The number of hydrogen-bond donors (Lipinski definition) is 0. The maximum absolute atomic E-state index is 13.4. The summed E-state index contributed by atoms with van der Waals surface area (Å²) < 4.78 is 19.0. The van der Waals surface area contributed by atoms with Crippen LogP contribution in [-0.4, -0.2) is 30.4 Å². The Bertz CT molecular complexity index is 1010. The first kappa shape index (κ1) is 15.1. The van der Waals surface area contributed by atoms with Gasteiger partial charge in [-0.2, -0.15) is 4.80 Å². The van der Waals surface area contributed by atoms with Gasteiger partial charge in [0.15, 0.2) is 0 Å². The molecule has 2 heterocycles. The van der Waals surface area contributed by atoms with E-state index in [1.165, 1.54) is 10.9 Å². The number of benzene rings is 2. The molecule has 7 nitrogen and oxygen atoms in total. The average Bonchev–Trinajstić information content (AvgIpc) is 3.28. The summed E-state index contributed by atoms with van der Waals surface area (Å²) in [7, 11) is 0. The lowest BCUT2D eigenvalue weighted by atomic mass is 10.1. The highest BCUT2D eigenvalue weighted by molar-refractivity contribution is 5.55. The third-order valence-electron chi connectivity index (χ3n) is 3.63. The van der Waals surface area contributed by atoms with E-state index in [0.29, 0.717) is 28.7 Å². The molecule has 0 N–H and O–H groups in total. The van der Waals surface area contributed by atoms with E-state index < -0.39 is 0 Å². The monoisotopic (exact) mass is 336 g/mol. The van der Waals surface area contributed by atoms with Gasteiger partial charge >= 0.3 is 0 Å². The molecule has 4 rings (SSSR count). The summed E-state index contributed by atoms with van der Waals surface area (Å²) in [6.07, 6.45) is 0. The number of hydrogen-bond acceptors (Lipinski definition) is 6. The van der Waals surface area contributed by atoms with E-state index in [9.17, 15) is 4.39 Å². The molecule has 0 bridgehead atoms. The van der Waals surface area contributed by atoms with Gasteiger partial charge < -0.3 is 4.42 Å². The van der Waals surface area contributed by atoms with Crippen molar-refractivity contribution in [3.63, 3.8) is 0 Å². The van der Waals surface area contributed by atoms with Crippen molar-refractivity contribution in [1.82, 2.24) is 30.4 Å². The van der Waals surface area contributed by atoms with Crippen LogP contribution >= 0.6 is 0 Å². The van der Waals surface area contributed by atoms with Gasteiger partial charge in [-0.25, -0.2) is 4.39 Å². The van der Waals surface area contributed by atoms with Crippen molar-refractivity contribution in [1.29, 1.82) is 0 Å². The van der Waals surface area contributed by atoms with Gasteiger partial charge in [-0.3, -0.25) is 0 Å². The average molecular weight is 336 g/mol. The van der Waals surface area contributed by atoms with Crippen molar-refractivity contribution in [2.45, 2.75) is 13.5 Å². The zero-order valence-corrected chi connectivity index (χ0v) is 13.3. The van der Waals surface area contributed by atoms with Gasteiger partial charge in [0.1, 0.15) is 12.4 Å². The highest BCUT2D eigenvalue weighted by atomic mass is 19.1. The summed E-state index contributed by atoms with van der Waals surface area (Å²) in [5.41, 5.74) is 2.06. The number of aromatic nitrogens is 6. The molecule has 0 saturated carbocycles. The second-order valence-corrected chi connectivity index (χ2v) is 5.47. The van der Waals surface area contributed by atoms with Crippen LogP contribution in [0.25, 0.3) is 22.8 Å². The summed E-state index contributed by atoms with van der Waals surface area (Å²) in [4.78, 5) is 1.36. The standard InChI is InChI=1S/C17H13FN6O/c1-11-9-13(7-8-14(11)18)16-20-23-24(22-16)10-15-19-21-17(25-15)12-5-3-2-4-6-12/h2-9H,10H2,1H3. The highest BCUT2D eigenvalue weighted by Gasteiger charge is 2.12. The maximum atomic E-state index is 13.4. The van der Waals surface area contributed by atoms with E-state index >= 15 is 0 Å². The van der Waals surface area contributed by atoms with Crippen LogP contribution in [0.4, 0.5) is 4.39 Å². The molecule has 0 aliphatic rings. The molecule has 2 aromatic carbocycles. The summed E-state index contributed by atoms with van der Waals surface area (Å²) in [5.74, 6) is 0.949. The molecule has 0 fully saturated rings. The van der Waals surface area contributed by atoms with Crippen molar-refractivity contribution in [2.75, 3.05) is 0 Å². The van der Waals surface area contributed by atoms with Crippen molar-refractivity contribution < 1.29 is 8.81 Å². The summed E-state index contributed by atoms with van der Waals surface area (Å²) in [5, 5.41) is 20.3. The topological polar surface area (TPSA) is 82.5 Å². The zero-order chi connectivity index (χ0) is 17.2. The molecule has 0 radical (unpaired) electrons. The molecule has 4 aromatic rings. The number of nitrogens with zero attached hydrogens (tertiary/aromatic N) is 6. The zero-order valence-electron chi connectivity index (χ0n) is 13.3. The van der Waals surface area contributed by atoms with Crippen LogP contribution in [0.1, 0.15) is 11.5 Å². The van der Waals surface area contributed by atoms with Crippen LogP contribution < -0.4 is 0 Å². The van der Waals surface area contributed by atoms with E-state index in [2.05, 4.69) is 25.6 Å². The molecule has 0 unspecified atom stereocenters. The van der Waals surface area contributed by atoms with Gasteiger partial charge in [0.25, 0.3) is 0 Å². The number of aryl methyl sites for hydroxylation is 1. The second-order valence-electron chi connectivity index (χ2n) is 5.47. The van der Waals surface area contributed by atoms with Gasteiger partial charge in [-0.15, -0.1) is 20.4 Å². The molecule has 25 heavy (non-hydrogen) atoms. The molecule has 8 heteroatoms. The quantitative estimate of drug-likeness (QED) is 0.570. The SMILES string of the molecule is Cc1cc(-c2nnn(Cc3nnc(-c4ccccc4)o3)n2)ccc1F. The van der Waals surface area contributed by atoms with Crippen molar-refractivity contribution in [3.05, 3.63) is 65.8 Å². The number of tetrazole rings is 1. The highest BCUT2D eigenvalue weighted by Crippen LogP contribution is 2.19.